The van der Waals surface area contributed by atoms with Gasteiger partial charge in [0.05, 0.1) is 0 Å². The number of aryl methyl sites for hydroxylation is 2. The molecule has 0 aromatic carbocycles. The molecule has 2 aromatic heterocycles. The fraction of sp³-hybridized carbons (Fsp3) is 0.500. The quantitative estimate of drug-likeness (QED) is 0.921. The van der Waals surface area contributed by atoms with Gasteiger partial charge in [-0.2, -0.15) is 13.2 Å². The lowest BCUT2D eigenvalue weighted by Gasteiger charge is -2.12. The molecule has 20 heavy (non-hydrogen) atoms. The lowest BCUT2D eigenvalue weighted by molar-refractivity contribution is -0.138. The van der Waals surface area contributed by atoms with E-state index < -0.39 is 11.2 Å². The van der Waals surface area contributed by atoms with Crippen LogP contribution in [0.4, 0.5) is 18.3 Å². The molecule has 0 aliphatic carbocycles. The zero-order chi connectivity index (χ0) is 14.8. The summed E-state index contributed by atoms with van der Waals surface area (Å²) in [6.07, 6.45) is -0.807. The molecule has 8 heteroatoms. The molecule has 4 nitrogen and oxygen atoms in total. The van der Waals surface area contributed by atoms with Gasteiger partial charge >= 0.3 is 6.18 Å². The van der Waals surface area contributed by atoms with E-state index in [1.54, 1.807) is 0 Å². The molecular weight excluding hydrogens is 289 g/mol. The Bertz CT molecular complexity index is 561. The molecule has 110 valence electrons. The highest BCUT2D eigenvalue weighted by Gasteiger charge is 2.35. The van der Waals surface area contributed by atoms with E-state index in [-0.39, 0.29) is 11.2 Å². The van der Waals surface area contributed by atoms with Crippen LogP contribution in [0.15, 0.2) is 18.3 Å². The summed E-state index contributed by atoms with van der Waals surface area (Å²) in [5.41, 5.74) is 1.19. The number of hydrogen-bond donors (Lipinski definition) is 1. The minimum atomic E-state index is -4.43. The molecule has 0 fully saturated rings. The second kappa shape index (κ2) is 5.82. The van der Waals surface area contributed by atoms with E-state index in [4.69, 9.17) is 0 Å². The summed E-state index contributed by atoms with van der Waals surface area (Å²) >= 11 is 0.531. The van der Waals surface area contributed by atoms with Gasteiger partial charge in [-0.15, -0.1) is 10.2 Å². The molecule has 2 rings (SSSR count). The van der Waals surface area contributed by atoms with Crippen LogP contribution in [0, 0.1) is 0 Å². The van der Waals surface area contributed by atoms with Crippen molar-refractivity contribution in [1.82, 2.24) is 14.8 Å². The second-order valence-electron chi connectivity index (χ2n) is 4.60. The summed E-state index contributed by atoms with van der Waals surface area (Å²) in [5, 5.41) is 8.89. The fourth-order valence-corrected chi connectivity index (χ4v) is 2.52. The maximum Gasteiger partial charge on any atom is 0.445 e. The van der Waals surface area contributed by atoms with Crippen molar-refractivity contribution in [2.75, 3.05) is 5.32 Å². The molecule has 0 bridgehead atoms. The summed E-state index contributed by atoms with van der Waals surface area (Å²) in [4.78, 5) is 0. The Hall–Kier alpha value is -1.57. The number of aromatic nitrogens is 3. The number of nitrogens with zero attached hydrogens (tertiary/aromatic N) is 3. The molecule has 2 aromatic rings. The monoisotopic (exact) mass is 304 g/mol. The third kappa shape index (κ3) is 3.72. The lowest BCUT2D eigenvalue weighted by atomic mass is 10.1. The normalized spacial score (nSPS) is 13.4. The van der Waals surface area contributed by atoms with Crippen LogP contribution in [-0.2, 0) is 19.6 Å². The summed E-state index contributed by atoms with van der Waals surface area (Å²) in [7, 11) is 1.97. The predicted octanol–water partition coefficient (Wildman–Crippen LogP) is 3.33. The molecule has 0 aliphatic rings. The van der Waals surface area contributed by atoms with Crippen molar-refractivity contribution in [1.29, 1.82) is 0 Å². The van der Waals surface area contributed by atoms with Gasteiger partial charge in [0.15, 0.2) is 0 Å². The lowest BCUT2D eigenvalue weighted by Crippen LogP contribution is -2.16. The van der Waals surface area contributed by atoms with Gasteiger partial charge in [0, 0.05) is 25.0 Å². The fourth-order valence-electron chi connectivity index (χ4n) is 1.80. The van der Waals surface area contributed by atoms with Crippen molar-refractivity contribution in [3.63, 3.8) is 0 Å². The largest absolute Gasteiger partial charge is 0.445 e. The smallest absolute Gasteiger partial charge is 0.358 e. The maximum atomic E-state index is 12.4. The number of alkyl halides is 3. The Morgan fingerprint density at radius 2 is 2.15 bits per heavy atom. The van der Waals surface area contributed by atoms with E-state index in [0.717, 1.165) is 12.8 Å². The van der Waals surface area contributed by atoms with Crippen LogP contribution in [0.3, 0.4) is 0 Å². The van der Waals surface area contributed by atoms with Crippen LogP contribution in [-0.4, -0.2) is 20.8 Å². The molecule has 0 saturated carbocycles. The van der Waals surface area contributed by atoms with Crippen molar-refractivity contribution in [3.8, 4) is 0 Å². The first-order valence-corrected chi connectivity index (χ1v) is 6.95. The van der Waals surface area contributed by atoms with E-state index in [2.05, 4.69) is 15.5 Å². The summed E-state index contributed by atoms with van der Waals surface area (Å²) < 4.78 is 39.2. The number of rotatable bonds is 5. The van der Waals surface area contributed by atoms with Gasteiger partial charge in [-0.1, -0.05) is 11.3 Å². The van der Waals surface area contributed by atoms with Crippen LogP contribution in [0.1, 0.15) is 24.0 Å². The third-order valence-corrected chi connectivity index (χ3v) is 3.82. The molecule has 1 atom stereocenters. The first-order valence-electron chi connectivity index (χ1n) is 6.13. The molecule has 0 amide bonds. The van der Waals surface area contributed by atoms with Gasteiger partial charge < -0.3 is 9.88 Å². The average Bonchev–Trinajstić information content (AvgIpc) is 2.95. The Morgan fingerprint density at radius 1 is 1.40 bits per heavy atom. The van der Waals surface area contributed by atoms with E-state index in [1.165, 1.54) is 5.69 Å². The van der Waals surface area contributed by atoms with Gasteiger partial charge in [-0.3, -0.25) is 0 Å². The SMILES string of the molecule is CC(CCc1cccn1C)Nc1nnc(C(F)(F)F)s1. The van der Waals surface area contributed by atoms with Crippen molar-refractivity contribution in [2.45, 2.75) is 32.0 Å². The molecule has 0 radical (unpaired) electrons. The molecule has 1 unspecified atom stereocenters. The average molecular weight is 304 g/mol. The Kier molecular flexibility index (Phi) is 4.32. The third-order valence-electron chi connectivity index (χ3n) is 2.92. The summed E-state index contributed by atoms with van der Waals surface area (Å²) in [5.74, 6) is 0. The molecule has 0 aliphatic heterocycles. The highest BCUT2D eigenvalue weighted by molar-refractivity contribution is 7.15. The standard InChI is InChI=1S/C12H15F3N4S/c1-8(5-6-9-4-3-7-19(9)2)16-11-18-17-10(20-11)12(13,14)15/h3-4,7-8H,5-6H2,1-2H3,(H,16,18). The van der Waals surface area contributed by atoms with E-state index >= 15 is 0 Å². The zero-order valence-corrected chi connectivity index (χ0v) is 11.9. The van der Waals surface area contributed by atoms with Crippen LogP contribution in [0.2, 0.25) is 0 Å². The number of nitrogens with one attached hydrogen (secondary N) is 1. The molecular formula is C12H15F3N4S. The molecule has 2 heterocycles. The van der Waals surface area contributed by atoms with Crippen LogP contribution in [0.25, 0.3) is 0 Å². The van der Waals surface area contributed by atoms with Crippen molar-refractivity contribution < 1.29 is 13.2 Å². The topological polar surface area (TPSA) is 42.7 Å². The molecule has 0 saturated heterocycles. The van der Waals surface area contributed by atoms with Gasteiger partial charge in [0.1, 0.15) is 0 Å². The van der Waals surface area contributed by atoms with E-state index in [9.17, 15) is 13.2 Å². The minimum Gasteiger partial charge on any atom is -0.358 e. The Morgan fingerprint density at radius 3 is 2.70 bits per heavy atom. The number of hydrogen-bond acceptors (Lipinski definition) is 4. The predicted molar refractivity (Wildman–Crippen MR) is 71.7 cm³/mol. The highest BCUT2D eigenvalue weighted by atomic mass is 32.1. The first-order chi connectivity index (χ1) is 9.36. The van der Waals surface area contributed by atoms with Crippen molar-refractivity contribution in [2.24, 2.45) is 7.05 Å². The molecule has 0 spiro atoms. The Labute approximate surface area is 118 Å². The van der Waals surface area contributed by atoms with Crippen molar-refractivity contribution >= 4 is 16.5 Å². The van der Waals surface area contributed by atoms with Crippen LogP contribution in [0.5, 0.6) is 0 Å². The number of anilines is 1. The van der Waals surface area contributed by atoms with Crippen LogP contribution >= 0.6 is 11.3 Å². The maximum absolute atomic E-state index is 12.4. The van der Waals surface area contributed by atoms with E-state index in [0.29, 0.717) is 11.3 Å². The van der Waals surface area contributed by atoms with Crippen molar-refractivity contribution in [3.05, 3.63) is 29.0 Å². The highest BCUT2D eigenvalue weighted by Crippen LogP contribution is 2.33. The zero-order valence-electron chi connectivity index (χ0n) is 11.1. The van der Waals surface area contributed by atoms with Gasteiger partial charge in [-0.05, 0) is 31.9 Å². The van der Waals surface area contributed by atoms with Gasteiger partial charge in [-0.25, -0.2) is 0 Å². The van der Waals surface area contributed by atoms with Gasteiger partial charge in [0.25, 0.3) is 0 Å². The second-order valence-corrected chi connectivity index (χ2v) is 5.58. The Balaban J connectivity index is 1.87. The van der Waals surface area contributed by atoms with Gasteiger partial charge in [0.2, 0.25) is 10.1 Å². The minimum absolute atomic E-state index is 0.0268. The summed E-state index contributed by atoms with van der Waals surface area (Å²) in [6.45, 7) is 1.91. The summed E-state index contributed by atoms with van der Waals surface area (Å²) in [6, 6.07) is 4.02. The van der Waals surface area contributed by atoms with E-state index in [1.807, 2.05) is 36.9 Å². The number of halogens is 3. The van der Waals surface area contributed by atoms with Crippen LogP contribution < -0.4 is 5.32 Å². The first kappa shape index (κ1) is 14.8. The molecule has 1 N–H and O–H groups in total.